The molecule has 1 heterocycles. The van der Waals surface area contributed by atoms with E-state index < -0.39 is 0 Å². The largest absolute Gasteiger partial charge is 0.312 e. The van der Waals surface area contributed by atoms with Gasteiger partial charge in [0.2, 0.25) is 0 Å². The quantitative estimate of drug-likeness (QED) is 0.934. The Morgan fingerprint density at radius 3 is 2.95 bits per heavy atom. The maximum absolute atomic E-state index is 12.4. The molecule has 1 aromatic carbocycles. The molecule has 1 saturated carbocycles. The second-order valence-electron chi connectivity index (χ2n) is 5.34. The maximum atomic E-state index is 12.4. The smallest absolute Gasteiger partial charge is 0.261 e. The number of hydrogen-bond donors (Lipinski definition) is 1. The van der Waals surface area contributed by atoms with E-state index in [0.717, 1.165) is 16.5 Å². The van der Waals surface area contributed by atoms with Crippen LogP contribution in [0.3, 0.4) is 0 Å². The molecule has 20 heavy (non-hydrogen) atoms. The van der Waals surface area contributed by atoms with Gasteiger partial charge in [0.05, 0.1) is 17.2 Å². The minimum atomic E-state index is 0.0320. The minimum absolute atomic E-state index is 0.0320. The predicted octanol–water partition coefficient (Wildman–Crippen LogP) is 2.69. The van der Waals surface area contributed by atoms with Gasteiger partial charge in [-0.05, 0) is 31.0 Å². The molecular weight excluding hydrogens is 318 g/mol. The molecule has 3 rings (SSSR count). The summed E-state index contributed by atoms with van der Waals surface area (Å²) in [4.78, 5) is 16.7. The van der Waals surface area contributed by atoms with Gasteiger partial charge in [-0.2, -0.15) is 0 Å². The molecule has 0 saturated heterocycles. The van der Waals surface area contributed by atoms with Crippen molar-refractivity contribution in [2.24, 2.45) is 0 Å². The Balaban J connectivity index is 1.74. The molecule has 0 bridgehead atoms. The van der Waals surface area contributed by atoms with Crippen molar-refractivity contribution in [1.29, 1.82) is 0 Å². The van der Waals surface area contributed by atoms with Gasteiger partial charge in [-0.3, -0.25) is 9.36 Å². The lowest BCUT2D eigenvalue weighted by atomic mass is 10.2. The van der Waals surface area contributed by atoms with Crippen LogP contribution in [0, 0.1) is 0 Å². The fraction of sp³-hybridized carbons (Fsp3) is 0.467. The Hall–Kier alpha value is -1.20. The van der Waals surface area contributed by atoms with Crippen LogP contribution in [0.5, 0.6) is 0 Å². The molecular formula is C15H18BrN3O. The zero-order valence-electron chi connectivity index (χ0n) is 11.3. The summed E-state index contributed by atoms with van der Waals surface area (Å²) >= 11 is 3.40. The molecule has 0 amide bonds. The third-order valence-electron chi connectivity index (χ3n) is 3.93. The van der Waals surface area contributed by atoms with Crippen LogP contribution in [0.1, 0.15) is 25.7 Å². The van der Waals surface area contributed by atoms with E-state index in [1.54, 1.807) is 10.9 Å². The van der Waals surface area contributed by atoms with Crippen LogP contribution in [0.15, 0.2) is 33.8 Å². The van der Waals surface area contributed by atoms with Gasteiger partial charge in [0.1, 0.15) is 0 Å². The van der Waals surface area contributed by atoms with Gasteiger partial charge >= 0.3 is 0 Å². The molecule has 2 aromatic rings. The fourth-order valence-corrected chi connectivity index (χ4v) is 3.17. The molecule has 0 unspecified atom stereocenters. The second-order valence-corrected chi connectivity index (χ2v) is 6.26. The van der Waals surface area contributed by atoms with Crippen LogP contribution in [0.2, 0.25) is 0 Å². The highest BCUT2D eigenvalue weighted by Crippen LogP contribution is 2.17. The highest BCUT2D eigenvalue weighted by atomic mass is 79.9. The van der Waals surface area contributed by atoms with Gasteiger partial charge in [0, 0.05) is 23.6 Å². The van der Waals surface area contributed by atoms with Gasteiger partial charge in [0.15, 0.2) is 0 Å². The lowest BCUT2D eigenvalue weighted by Gasteiger charge is -2.12. The van der Waals surface area contributed by atoms with E-state index in [-0.39, 0.29) is 5.56 Å². The number of hydrogen-bond acceptors (Lipinski definition) is 3. The minimum Gasteiger partial charge on any atom is -0.312 e. The number of rotatable bonds is 4. The first-order chi connectivity index (χ1) is 9.74. The van der Waals surface area contributed by atoms with Crippen LogP contribution in [-0.4, -0.2) is 22.1 Å². The van der Waals surface area contributed by atoms with Crippen LogP contribution in [-0.2, 0) is 6.54 Å². The van der Waals surface area contributed by atoms with Crippen LogP contribution in [0.25, 0.3) is 10.9 Å². The number of nitrogens with one attached hydrogen (secondary N) is 1. The van der Waals surface area contributed by atoms with E-state index in [9.17, 15) is 4.79 Å². The third kappa shape index (κ3) is 2.94. The van der Waals surface area contributed by atoms with Crippen molar-refractivity contribution in [3.05, 3.63) is 39.4 Å². The molecule has 1 aliphatic rings. The van der Waals surface area contributed by atoms with E-state index in [1.807, 2.05) is 18.2 Å². The molecule has 0 spiro atoms. The predicted molar refractivity (Wildman–Crippen MR) is 84.0 cm³/mol. The summed E-state index contributed by atoms with van der Waals surface area (Å²) in [7, 11) is 0. The molecule has 1 fully saturated rings. The van der Waals surface area contributed by atoms with E-state index in [0.29, 0.717) is 18.0 Å². The molecule has 106 valence electrons. The van der Waals surface area contributed by atoms with E-state index in [1.165, 1.54) is 25.7 Å². The van der Waals surface area contributed by atoms with E-state index >= 15 is 0 Å². The normalized spacial score (nSPS) is 16.1. The van der Waals surface area contributed by atoms with Crippen molar-refractivity contribution in [2.45, 2.75) is 38.3 Å². The number of aromatic nitrogens is 2. The van der Waals surface area contributed by atoms with Crippen molar-refractivity contribution < 1.29 is 0 Å². The molecule has 5 heteroatoms. The summed E-state index contributed by atoms with van der Waals surface area (Å²) in [6, 6.07) is 6.24. The summed E-state index contributed by atoms with van der Waals surface area (Å²) in [6.07, 6.45) is 6.82. The molecule has 0 atom stereocenters. The highest BCUT2D eigenvalue weighted by molar-refractivity contribution is 9.10. The van der Waals surface area contributed by atoms with Gasteiger partial charge in [-0.25, -0.2) is 4.98 Å². The monoisotopic (exact) mass is 335 g/mol. The molecule has 0 radical (unpaired) electrons. The van der Waals surface area contributed by atoms with Crippen molar-refractivity contribution in [3.8, 4) is 0 Å². The summed E-state index contributed by atoms with van der Waals surface area (Å²) in [5.41, 5.74) is 0.780. The molecule has 1 aliphatic carbocycles. The summed E-state index contributed by atoms with van der Waals surface area (Å²) in [5.74, 6) is 0. The van der Waals surface area contributed by atoms with E-state index in [4.69, 9.17) is 0 Å². The Labute approximate surface area is 126 Å². The zero-order chi connectivity index (χ0) is 13.9. The Kier molecular flexibility index (Phi) is 4.17. The second kappa shape index (κ2) is 6.06. The number of halogens is 1. The first-order valence-corrected chi connectivity index (χ1v) is 7.91. The van der Waals surface area contributed by atoms with Crippen molar-refractivity contribution >= 4 is 26.8 Å². The lowest BCUT2D eigenvalue weighted by molar-refractivity contribution is 0.491. The topological polar surface area (TPSA) is 46.9 Å². The Morgan fingerprint density at radius 1 is 1.35 bits per heavy atom. The van der Waals surface area contributed by atoms with Crippen molar-refractivity contribution in [2.75, 3.05) is 6.54 Å². The first-order valence-electron chi connectivity index (χ1n) is 7.12. The fourth-order valence-electron chi connectivity index (χ4n) is 2.81. The summed E-state index contributed by atoms with van der Waals surface area (Å²) in [6.45, 7) is 1.50. The van der Waals surface area contributed by atoms with Crippen molar-refractivity contribution in [1.82, 2.24) is 14.9 Å². The molecule has 1 aromatic heterocycles. The van der Waals surface area contributed by atoms with Crippen molar-refractivity contribution in [3.63, 3.8) is 0 Å². The highest BCUT2D eigenvalue weighted by Gasteiger charge is 2.13. The molecule has 4 nitrogen and oxygen atoms in total. The van der Waals surface area contributed by atoms with Crippen LogP contribution < -0.4 is 10.9 Å². The first kappa shape index (κ1) is 13.8. The number of benzene rings is 1. The van der Waals surface area contributed by atoms with Gasteiger partial charge in [0.25, 0.3) is 5.56 Å². The SMILES string of the molecule is O=c1c2cc(Br)ccc2ncn1CCNC1CCCC1. The van der Waals surface area contributed by atoms with E-state index in [2.05, 4.69) is 26.2 Å². The Bertz CT molecular complexity index is 662. The van der Waals surface area contributed by atoms with Gasteiger partial charge < -0.3 is 5.32 Å². The van der Waals surface area contributed by atoms with Gasteiger partial charge in [-0.15, -0.1) is 0 Å². The standard InChI is InChI=1S/C15H18BrN3O/c16-11-5-6-14-13(9-11)15(20)19(10-18-14)8-7-17-12-3-1-2-4-12/h5-6,9-10,12,17H,1-4,7-8H2. The lowest BCUT2D eigenvalue weighted by Crippen LogP contribution is -2.32. The van der Waals surface area contributed by atoms with Crippen LogP contribution >= 0.6 is 15.9 Å². The number of fused-ring (bicyclic) bond motifs is 1. The average molecular weight is 336 g/mol. The maximum Gasteiger partial charge on any atom is 0.261 e. The molecule has 0 aliphatic heterocycles. The summed E-state index contributed by atoms with van der Waals surface area (Å²) in [5, 5.41) is 4.19. The summed E-state index contributed by atoms with van der Waals surface area (Å²) < 4.78 is 2.60. The third-order valence-corrected chi connectivity index (χ3v) is 4.42. The number of nitrogens with zero attached hydrogens (tertiary/aromatic N) is 2. The Morgan fingerprint density at radius 2 is 2.15 bits per heavy atom. The van der Waals surface area contributed by atoms with Gasteiger partial charge in [-0.1, -0.05) is 28.8 Å². The molecule has 1 N–H and O–H groups in total. The van der Waals surface area contributed by atoms with Crippen LogP contribution in [0.4, 0.5) is 0 Å². The zero-order valence-corrected chi connectivity index (χ0v) is 12.9. The average Bonchev–Trinajstić information content (AvgIpc) is 2.95.